The summed E-state index contributed by atoms with van der Waals surface area (Å²) < 4.78 is 0. The molecule has 0 aliphatic carbocycles. The predicted molar refractivity (Wildman–Crippen MR) is 67.6 cm³/mol. The first-order chi connectivity index (χ1) is 5.83. The third kappa shape index (κ3) is 6.25. The van der Waals surface area contributed by atoms with E-state index in [1.807, 2.05) is 0 Å². The monoisotopic (exact) mass is 235 g/mol. The van der Waals surface area contributed by atoms with Crippen molar-refractivity contribution in [3.63, 3.8) is 0 Å². The molecule has 0 spiro atoms. The van der Waals surface area contributed by atoms with Crippen LogP contribution in [0.2, 0.25) is 0 Å². The second-order valence-corrected chi connectivity index (χ2v) is 3.22. The first-order valence-electron chi connectivity index (χ1n) is 4.55. The molecule has 1 rings (SSSR count). The molecule has 14 heavy (non-hydrogen) atoms. The molecule has 0 bridgehead atoms. The summed E-state index contributed by atoms with van der Waals surface area (Å²) in [6, 6.07) is 10.6. The molecule has 82 valence electrons. The highest BCUT2D eigenvalue weighted by atomic mass is 35.5. The highest BCUT2D eigenvalue weighted by Gasteiger charge is 1.96. The van der Waals surface area contributed by atoms with E-state index >= 15 is 0 Å². The molecule has 3 heteroatoms. The average molecular weight is 236 g/mol. The number of hydrogen-bond donors (Lipinski definition) is 0. The molecular formula is C11H19Cl2N. The predicted octanol–water partition coefficient (Wildman–Crippen LogP) is 3.37. The van der Waals surface area contributed by atoms with Crippen molar-refractivity contribution < 1.29 is 0 Å². The Morgan fingerprint density at radius 2 is 1.64 bits per heavy atom. The maximum atomic E-state index is 2.34. The van der Waals surface area contributed by atoms with Crippen molar-refractivity contribution in [2.45, 2.75) is 19.9 Å². The minimum absolute atomic E-state index is 0. The molecule has 0 saturated heterocycles. The normalized spacial score (nSPS) is 9.07. The van der Waals surface area contributed by atoms with E-state index in [0.29, 0.717) is 0 Å². The molecule has 0 saturated carbocycles. The van der Waals surface area contributed by atoms with E-state index in [1.54, 1.807) is 0 Å². The van der Waals surface area contributed by atoms with Crippen LogP contribution in [0.3, 0.4) is 0 Å². The van der Waals surface area contributed by atoms with Gasteiger partial charge in [0, 0.05) is 6.54 Å². The summed E-state index contributed by atoms with van der Waals surface area (Å²) in [6.45, 7) is 4.45. The van der Waals surface area contributed by atoms with Gasteiger partial charge in [-0.25, -0.2) is 0 Å². The number of rotatable bonds is 4. The second kappa shape index (κ2) is 9.32. The Balaban J connectivity index is 0. The molecule has 0 aliphatic rings. The van der Waals surface area contributed by atoms with Crippen LogP contribution in [-0.4, -0.2) is 18.5 Å². The SMILES string of the molecule is CCCN(C)Cc1ccccc1.Cl.Cl. The molecule has 1 nitrogen and oxygen atoms in total. The fraction of sp³-hybridized carbons (Fsp3) is 0.455. The molecule has 0 aliphatic heterocycles. The molecule has 0 heterocycles. The van der Waals surface area contributed by atoms with Crippen molar-refractivity contribution in [1.82, 2.24) is 4.90 Å². The van der Waals surface area contributed by atoms with Crippen LogP contribution in [0.1, 0.15) is 18.9 Å². The summed E-state index contributed by atoms with van der Waals surface area (Å²) in [5, 5.41) is 0. The minimum Gasteiger partial charge on any atom is -0.302 e. The minimum atomic E-state index is 0. The van der Waals surface area contributed by atoms with E-state index < -0.39 is 0 Å². The van der Waals surface area contributed by atoms with Gasteiger partial charge in [0.05, 0.1) is 0 Å². The topological polar surface area (TPSA) is 3.24 Å². The third-order valence-corrected chi connectivity index (χ3v) is 1.90. The lowest BCUT2D eigenvalue weighted by molar-refractivity contribution is 0.327. The van der Waals surface area contributed by atoms with Gasteiger partial charge in [0.1, 0.15) is 0 Å². The van der Waals surface area contributed by atoms with Crippen LogP contribution in [-0.2, 0) is 6.54 Å². The van der Waals surface area contributed by atoms with E-state index in [4.69, 9.17) is 0 Å². The summed E-state index contributed by atoms with van der Waals surface area (Å²) in [5.41, 5.74) is 1.40. The van der Waals surface area contributed by atoms with Crippen molar-refractivity contribution in [3.05, 3.63) is 35.9 Å². The molecule has 1 aromatic carbocycles. The quantitative estimate of drug-likeness (QED) is 0.774. The number of nitrogens with zero attached hydrogens (tertiary/aromatic N) is 1. The van der Waals surface area contributed by atoms with Crippen LogP contribution >= 0.6 is 24.8 Å². The third-order valence-electron chi connectivity index (χ3n) is 1.90. The molecule has 0 fully saturated rings. The van der Waals surface area contributed by atoms with Crippen LogP contribution in [0.15, 0.2) is 30.3 Å². The second-order valence-electron chi connectivity index (χ2n) is 3.22. The molecule has 0 atom stereocenters. The first kappa shape index (κ1) is 16.2. The number of halogens is 2. The molecular weight excluding hydrogens is 217 g/mol. The van der Waals surface area contributed by atoms with E-state index in [1.165, 1.54) is 18.5 Å². The zero-order chi connectivity index (χ0) is 8.81. The van der Waals surface area contributed by atoms with Gasteiger partial charge in [-0.3, -0.25) is 0 Å². The van der Waals surface area contributed by atoms with Crippen molar-refractivity contribution in [3.8, 4) is 0 Å². The van der Waals surface area contributed by atoms with Gasteiger partial charge in [-0.15, -0.1) is 24.8 Å². The van der Waals surface area contributed by atoms with Gasteiger partial charge < -0.3 is 4.90 Å². The fourth-order valence-electron chi connectivity index (χ4n) is 1.36. The zero-order valence-corrected chi connectivity index (χ0v) is 10.4. The van der Waals surface area contributed by atoms with Crippen molar-refractivity contribution in [2.24, 2.45) is 0 Å². The van der Waals surface area contributed by atoms with E-state index in [2.05, 4.69) is 49.2 Å². The summed E-state index contributed by atoms with van der Waals surface area (Å²) in [4.78, 5) is 2.34. The largest absolute Gasteiger partial charge is 0.302 e. The Kier molecular flexibility index (Phi) is 10.8. The van der Waals surface area contributed by atoms with E-state index in [0.717, 1.165) is 6.54 Å². The van der Waals surface area contributed by atoms with Crippen molar-refractivity contribution >= 4 is 24.8 Å². The van der Waals surface area contributed by atoms with Gasteiger partial charge in [-0.1, -0.05) is 37.3 Å². The smallest absolute Gasteiger partial charge is 0.0230 e. The summed E-state index contributed by atoms with van der Waals surface area (Å²) in [7, 11) is 2.16. The van der Waals surface area contributed by atoms with Crippen LogP contribution in [0.5, 0.6) is 0 Å². The lowest BCUT2D eigenvalue weighted by atomic mass is 10.2. The molecule has 0 unspecified atom stereocenters. The van der Waals surface area contributed by atoms with Crippen LogP contribution in [0.25, 0.3) is 0 Å². The molecule has 1 aromatic rings. The molecule has 0 N–H and O–H groups in total. The lowest BCUT2D eigenvalue weighted by Gasteiger charge is -2.14. The lowest BCUT2D eigenvalue weighted by Crippen LogP contribution is -2.18. The van der Waals surface area contributed by atoms with Gasteiger partial charge in [-0.2, -0.15) is 0 Å². The van der Waals surface area contributed by atoms with Crippen LogP contribution in [0, 0.1) is 0 Å². The number of benzene rings is 1. The Morgan fingerprint density at radius 1 is 1.07 bits per heavy atom. The molecule has 0 amide bonds. The maximum absolute atomic E-state index is 2.34. The van der Waals surface area contributed by atoms with Crippen molar-refractivity contribution in [1.29, 1.82) is 0 Å². The fourth-order valence-corrected chi connectivity index (χ4v) is 1.36. The van der Waals surface area contributed by atoms with Crippen molar-refractivity contribution in [2.75, 3.05) is 13.6 Å². The first-order valence-corrected chi connectivity index (χ1v) is 4.55. The average Bonchev–Trinajstić information content (AvgIpc) is 2.06. The zero-order valence-electron chi connectivity index (χ0n) is 8.77. The Bertz CT molecular complexity index is 214. The van der Waals surface area contributed by atoms with Crippen LogP contribution < -0.4 is 0 Å². The molecule has 0 aromatic heterocycles. The van der Waals surface area contributed by atoms with Gasteiger partial charge in [0.25, 0.3) is 0 Å². The summed E-state index contributed by atoms with van der Waals surface area (Å²) >= 11 is 0. The van der Waals surface area contributed by atoms with Gasteiger partial charge in [0.15, 0.2) is 0 Å². The highest BCUT2D eigenvalue weighted by Crippen LogP contribution is 2.02. The van der Waals surface area contributed by atoms with Gasteiger partial charge in [-0.05, 0) is 25.6 Å². The summed E-state index contributed by atoms with van der Waals surface area (Å²) in [6.07, 6.45) is 1.23. The Labute approximate surface area is 99.3 Å². The Morgan fingerprint density at radius 3 is 2.14 bits per heavy atom. The van der Waals surface area contributed by atoms with Gasteiger partial charge >= 0.3 is 0 Å². The van der Waals surface area contributed by atoms with E-state index in [-0.39, 0.29) is 24.8 Å². The molecule has 0 radical (unpaired) electrons. The standard InChI is InChI=1S/C11H17N.2ClH/c1-3-9-12(2)10-11-7-5-4-6-8-11;;/h4-8H,3,9-10H2,1-2H3;2*1H. The summed E-state index contributed by atoms with van der Waals surface area (Å²) in [5.74, 6) is 0. The van der Waals surface area contributed by atoms with E-state index in [9.17, 15) is 0 Å². The maximum Gasteiger partial charge on any atom is 0.0230 e. The Hall–Kier alpha value is -0.240. The van der Waals surface area contributed by atoms with Crippen LogP contribution in [0.4, 0.5) is 0 Å². The highest BCUT2D eigenvalue weighted by molar-refractivity contribution is 5.85. The number of hydrogen-bond acceptors (Lipinski definition) is 1. The van der Waals surface area contributed by atoms with Gasteiger partial charge in [0.2, 0.25) is 0 Å².